The van der Waals surface area contributed by atoms with Crippen molar-refractivity contribution in [1.82, 2.24) is 25.1 Å². The molecule has 4 amide bonds. The molecule has 2 aromatic rings. The number of aromatic nitrogens is 2. The summed E-state index contributed by atoms with van der Waals surface area (Å²) in [6.45, 7) is 6.04. The number of carbonyl (C=O) groups is 3. The molecule has 0 spiro atoms. The molecule has 2 fully saturated rings. The molecule has 0 radical (unpaired) electrons. The van der Waals surface area contributed by atoms with Crippen LogP contribution in [0.3, 0.4) is 0 Å². The van der Waals surface area contributed by atoms with E-state index in [4.69, 9.17) is 32.7 Å². The summed E-state index contributed by atoms with van der Waals surface area (Å²) >= 11 is 13.2. The zero-order valence-electron chi connectivity index (χ0n) is 25.1. The molecular formula is C29H36Cl2N8O5. The number of hydrogen-bond acceptors (Lipinski definition) is 9. The first kappa shape index (κ1) is 31.6. The molecule has 2 saturated heterocycles. The molecule has 5 rings (SSSR count). The van der Waals surface area contributed by atoms with Gasteiger partial charge in [0.05, 0.1) is 44.5 Å². The van der Waals surface area contributed by atoms with Crippen molar-refractivity contribution in [2.24, 2.45) is 5.92 Å². The van der Waals surface area contributed by atoms with Gasteiger partial charge in [-0.25, -0.2) is 9.78 Å². The Morgan fingerprint density at radius 2 is 1.77 bits per heavy atom. The molecule has 0 aliphatic carbocycles. The quantitative estimate of drug-likeness (QED) is 0.415. The molecule has 2 N–H and O–H groups in total. The lowest BCUT2D eigenvalue weighted by Gasteiger charge is -2.35. The number of urea groups is 1. The normalized spacial score (nSPS) is 22.0. The number of rotatable bonds is 8. The number of nitrogens with one attached hydrogen (secondary N) is 2. The van der Waals surface area contributed by atoms with Crippen LogP contribution in [0.1, 0.15) is 18.4 Å². The third-order valence-corrected chi connectivity index (χ3v) is 8.99. The van der Waals surface area contributed by atoms with Crippen molar-refractivity contribution in [3.63, 3.8) is 0 Å². The second-order valence-electron chi connectivity index (χ2n) is 11.1. The van der Waals surface area contributed by atoms with Crippen molar-refractivity contribution in [2.75, 3.05) is 69.6 Å². The summed E-state index contributed by atoms with van der Waals surface area (Å²) in [6, 6.07) is 0.363. The summed E-state index contributed by atoms with van der Waals surface area (Å²) in [5.41, 5.74) is 0.891. The van der Waals surface area contributed by atoms with E-state index in [9.17, 15) is 14.4 Å². The minimum Gasteiger partial charge on any atom is -0.495 e. The summed E-state index contributed by atoms with van der Waals surface area (Å²) in [6.07, 6.45) is 4.63. The van der Waals surface area contributed by atoms with Crippen LogP contribution in [0.5, 0.6) is 11.5 Å². The number of amides is 4. The fourth-order valence-corrected chi connectivity index (χ4v) is 6.68. The van der Waals surface area contributed by atoms with Crippen molar-refractivity contribution in [1.29, 1.82) is 0 Å². The lowest BCUT2D eigenvalue weighted by Crippen LogP contribution is -2.47. The number of benzene rings is 1. The molecule has 1 aromatic heterocycles. The molecule has 0 bridgehead atoms. The SMILES string of the molecule is C=CC(=O)NC1CN(C(=O)C2CCCN(C)C2)CC1Nc1ncc2c(n1)N(C)C(=O)N(c1c(Cl)c(OC)cc(OC)c1Cl)C2. The molecule has 0 saturated carbocycles. The van der Waals surface area contributed by atoms with Gasteiger partial charge in [-0.1, -0.05) is 29.8 Å². The van der Waals surface area contributed by atoms with Gasteiger partial charge >= 0.3 is 6.03 Å². The van der Waals surface area contributed by atoms with Crippen molar-refractivity contribution in [3.8, 4) is 11.5 Å². The monoisotopic (exact) mass is 646 g/mol. The van der Waals surface area contributed by atoms with E-state index in [1.54, 1.807) is 24.2 Å². The molecule has 4 heterocycles. The number of anilines is 3. The highest BCUT2D eigenvalue weighted by Crippen LogP contribution is 2.47. The Morgan fingerprint density at radius 3 is 2.41 bits per heavy atom. The maximum absolute atomic E-state index is 13.6. The molecular weight excluding hydrogens is 611 g/mol. The van der Waals surface area contributed by atoms with Crippen molar-refractivity contribution < 1.29 is 23.9 Å². The molecule has 15 heteroatoms. The Hall–Kier alpha value is -3.81. The van der Waals surface area contributed by atoms with Crippen LogP contribution in [0.25, 0.3) is 0 Å². The van der Waals surface area contributed by atoms with Crippen LogP contribution in [-0.4, -0.2) is 104 Å². The number of fused-ring (bicyclic) bond motifs is 1. The Bertz CT molecular complexity index is 1450. The molecule has 236 valence electrons. The van der Waals surface area contributed by atoms with E-state index in [-0.39, 0.29) is 52.0 Å². The first-order chi connectivity index (χ1) is 21.1. The standard InChI is InChI=1S/C29H36Cl2N8O5/c1-6-22(40)33-18-14-38(27(41)16-8-7-9-36(2)12-16)15-19(18)34-28-32-11-17-13-39(29(42)37(3)26(17)35-28)25-23(30)20(43-4)10-21(44-5)24(25)31/h6,10-11,16,18-19H,1,7-9,12-15H2,2-5H3,(H,33,40)(H,32,34,35). The highest BCUT2D eigenvalue weighted by Gasteiger charge is 2.40. The fraction of sp³-hybridized carbons (Fsp3) is 0.483. The third kappa shape index (κ3) is 6.08. The number of hydrogen-bond donors (Lipinski definition) is 2. The molecule has 3 atom stereocenters. The highest BCUT2D eigenvalue weighted by molar-refractivity contribution is 6.42. The number of carbonyl (C=O) groups excluding carboxylic acids is 3. The number of halogens is 2. The predicted octanol–water partition coefficient (Wildman–Crippen LogP) is 3.01. The minimum atomic E-state index is -0.424. The summed E-state index contributed by atoms with van der Waals surface area (Å²) in [4.78, 5) is 55.2. The van der Waals surface area contributed by atoms with Crippen molar-refractivity contribution >= 4 is 58.5 Å². The van der Waals surface area contributed by atoms with E-state index in [1.165, 1.54) is 30.1 Å². The van der Waals surface area contributed by atoms with E-state index in [0.717, 1.165) is 19.4 Å². The summed E-state index contributed by atoms with van der Waals surface area (Å²) in [5.74, 6) is 0.908. The van der Waals surface area contributed by atoms with Crippen LogP contribution in [0.4, 0.5) is 22.2 Å². The molecule has 3 unspecified atom stereocenters. The Balaban J connectivity index is 1.38. The van der Waals surface area contributed by atoms with Crippen LogP contribution in [0, 0.1) is 5.92 Å². The van der Waals surface area contributed by atoms with Gasteiger partial charge in [0.15, 0.2) is 0 Å². The van der Waals surface area contributed by atoms with Gasteiger partial charge in [0, 0.05) is 44.5 Å². The van der Waals surface area contributed by atoms with E-state index in [1.807, 2.05) is 7.05 Å². The number of piperidine rings is 1. The van der Waals surface area contributed by atoms with E-state index >= 15 is 0 Å². The van der Waals surface area contributed by atoms with Crippen LogP contribution >= 0.6 is 23.2 Å². The number of ether oxygens (including phenoxy) is 2. The molecule has 3 aliphatic rings. The second-order valence-corrected chi connectivity index (χ2v) is 11.9. The van der Waals surface area contributed by atoms with Gasteiger partial charge < -0.3 is 29.9 Å². The average molecular weight is 648 g/mol. The number of nitrogens with zero attached hydrogens (tertiary/aromatic N) is 6. The molecule has 13 nitrogen and oxygen atoms in total. The van der Waals surface area contributed by atoms with Crippen LogP contribution in [0.15, 0.2) is 24.9 Å². The summed E-state index contributed by atoms with van der Waals surface area (Å²) in [5, 5.41) is 6.55. The van der Waals surface area contributed by atoms with E-state index in [2.05, 4.69) is 32.1 Å². The van der Waals surface area contributed by atoms with Crippen molar-refractivity contribution in [3.05, 3.63) is 40.5 Å². The maximum Gasteiger partial charge on any atom is 0.330 e. The van der Waals surface area contributed by atoms with Gasteiger partial charge in [0.25, 0.3) is 0 Å². The zero-order valence-corrected chi connectivity index (χ0v) is 26.6. The summed E-state index contributed by atoms with van der Waals surface area (Å²) < 4.78 is 10.7. The topological polar surface area (TPSA) is 132 Å². The van der Waals surface area contributed by atoms with Gasteiger partial charge in [-0.3, -0.25) is 19.4 Å². The fourth-order valence-electron chi connectivity index (χ4n) is 5.97. The Labute approximate surface area is 266 Å². The maximum atomic E-state index is 13.6. The first-order valence-electron chi connectivity index (χ1n) is 14.2. The van der Waals surface area contributed by atoms with Crippen LogP contribution in [-0.2, 0) is 16.1 Å². The average Bonchev–Trinajstić information content (AvgIpc) is 3.41. The van der Waals surface area contributed by atoms with Gasteiger partial charge in [-0.15, -0.1) is 0 Å². The van der Waals surface area contributed by atoms with Crippen molar-refractivity contribution in [2.45, 2.75) is 31.5 Å². The lowest BCUT2D eigenvalue weighted by atomic mass is 9.97. The molecule has 44 heavy (non-hydrogen) atoms. The highest BCUT2D eigenvalue weighted by atomic mass is 35.5. The molecule has 3 aliphatic heterocycles. The third-order valence-electron chi connectivity index (χ3n) is 8.26. The predicted molar refractivity (Wildman–Crippen MR) is 168 cm³/mol. The Morgan fingerprint density at radius 1 is 1.09 bits per heavy atom. The zero-order chi connectivity index (χ0) is 31.7. The number of likely N-dealkylation sites (tertiary alicyclic amines) is 2. The summed E-state index contributed by atoms with van der Waals surface area (Å²) in [7, 11) is 6.53. The second kappa shape index (κ2) is 13.0. The van der Waals surface area contributed by atoms with Crippen LogP contribution < -0.4 is 29.9 Å². The van der Waals surface area contributed by atoms with Gasteiger partial charge in [0.2, 0.25) is 17.8 Å². The Kier molecular flexibility index (Phi) is 9.37. The largest absolute Gasteiger partial charge is 0.495 e. The van der Waals surface area contributed by atoms with Gasteiger partial charge in [0.1, 0.15) is 27.4 Å². The van der Waals surface area contributed by atoms with Gasteiger partial charge in [-0.2, -0.15) is 4.98 Å². The minimum absolute atomic E-state index is 0.0713. The van der Waals surface area contributed by atoms with E-state index in [0.29, 0.717) is 42.5 Å². The lowest BCUT2D eigenvalue weighted by molar-refractivity contribution is -0.136. The smallest absolute Gasteiger partial charge is 0.330 e. The number of methoxy groups -OCH3 is 2. The van der Waals surface area contributed by atoms with Crippen LogP contribution in [0.2, 0.25) is 10.0 Å². The van der Waals surface area contributed by atoms with Gasteiger partial charge in [-0.05, 0) is 32.5 Å². The van der Waals surface area contributed by atoms with E-state index < -0.39 is 12.1 Å². The molecule has 1 aromatic carbocycles. The first-order valence-corrected chi connectivity index (χ1v) is 15.0.